The quantitative estimate of drug-likeness (QED) is 0.821. The number of nitrogens with one attached hydrogen (secondary N) is 1. The number of hydrogen-bond acceptors (Lipinski definition) is 2. The highest BCUT2D eigenvalue weighted by atomic mass is 16.1. The van der Waals surface area contributed by atoms with Crippen molar-refractivity contribution in [3.63, 3.8) is 0 Å². The lowest BCUT2D eigenvalue weighted by Crippen LogP contribution is -2.31. The lowest BCUT2D eigenvalue weighted by Gasteiger charge is -2.26. The van der Waals surface area contributed by atoms with E-state index in [9.17, 15) is 4.79 Å². The van der Waals surface area contributed by atoms with Crippen molar-refractivity contribution in [1.82, 2.24) is 5.32 Å². The van der Waals surface area contributed by atoms with Gasteiger partial charge >= 0.3 is 0 Å². The highest BCUT2D eigenvalue weighted by Gasteiger charge is 2.22. The molecule has 102 valence electrons. The number of nitrogen functional groups attached to an aromatic ring is 1. The van der Waals surface area contributed by atoms with Gasteiger partial charge in [-0.2, -0.15) is 0 Å². The zero-order valence-electron chi connectivity index (χ0n) is 11.3. The summed E-state index contributed by atoms with van der Waals surface area (Å²) < 4.78 is 0. The van der Waals surface area contributed by atoms with Crippen LogP contribution in [0, 0.1) is 0 Å². The molecule has 1 amide bonds. The Kier molecular flexibility index (Phi) is 3.42. The summed E-state index contributed by atoms with van der Waals surface area (Å²) in [6.07, 6.45) is 3.18. The van der Waals surface area contributed by atoms with Gasteiger partial charge in [0.2, 0.25) is 0 Å². The Bertz CT molecular complexity index is 636. The van der Waals surface area contributed by atoms with Gasteiger partial charge in [0.05, 0.1) is 11.6 Å². The molecule has 1 aliphatic carbocycles. The van der Waals surface area contributed by atoms with E-state index in [4.69, 9.17) is 5.73 Å². The number of aryl methyl sites for hydroxylation is 1. The van der Waals surface area contributed by atoms with Crippen LogP contribution in [0.1, 0.15) is 40.4 Å². The summed E-state index contributed by atoms with van der Waals surface area (Å²) in [6.45, 7) is 0. The SMILES string of the molecule is Nc1ccccc1C(=O)NC1CCCc2ccccc21. The molecule has 1 unspecified atom stereocenters. The molecule has 0 spiro atoms. The van der Waals surface area contributed by atoms with Gasteiger partial charge in [-0.05, 0) is 42.5 Å². The topological polar surface area (TPSA) is 55.1 Å². The van der Waals surface area contributed by atoms with E-state index in [1.165, 1.54) is 11.1 Å². The van der Waals surface area contributed by atoms with Crippen LogP contribution in [0.5, 0.6) is 0 Å². The maximum absolute atomic E-state index is 12.4. The molecular weight excluding hydrogens is 248 g/mol. The fourth-order valence-corrected chi connectivity index (χ4v) is 2.84. The number of nitrogens with two attached hydrogens (primary N) is 1. The highest BCUT2D eigenvalue weighted by Crippen LogP contribution is 2.29. The van der Waals surface area contributed by atoms with Crippen molar-refractivity contribution < 1.29 is 4.79 Å². The van der Waals surface area contributed by atoms with E-state index in [1.807, 2.05) is 18.2 Å². The minimum absolute atomic E-state index is 0.0899. The number of carbonyl (C=O) groups excluding carboxylic acids is 1. The first-order valence-corrected chi connectivity index (χ1v) is 6.99. The number of para-hydroxylation sites is 1. The third kappa shape index (κ3) is 2.39. The number of anilines is 1. The normalized spacial score (nSPS) is 17.3. The van der Waals surface area contributed by atoms with E-state index in [2.05, 4.69) is 23.5 Å². The fourth-order valence-electron chi connectivity index (χ4n) is 2.84. The number of hydrogen-bond donors (Lipinski definition) is 2. The number of benzene rings is 2. The molecule has 3 N–H and O–H groups in total. The third-order valence-corrected chi connectivity index (χ3v) is 3.88. The molecule has 0 heterocycles. The van der Waals surface area contributed by atoms with Gasteiger partial charge < -0.3 is 11.1 Å². The first kappa shape index (κ1) is 12.7. The summed E-state index contributed by atoms with van der Waals surface area (Å²) in [6, 6.07) is 15.6. The molecule has 0 saturated heterocycles. The van der Waals surface area contributed by atoms with Crippen molar-refractivity contribution in [3.05, 3.63) is 65.2 Å². The molecule has 0 saturated carbocycles. The number of amides is 1. The van der Waals surface area contributed by atoms with Crippen LogP contribution in [0.25, 0.3) is 0 Å². The third-order valence-electron chi connectivity index (χ3n) is 3.88. The van der Waals surface area contributed by atoms with E-state index in [0.29, 0.717) is 11.3 Å². The lowest BCUT2D eigenvalue weighted by atomic mass is 9.87. The van der Waals surface area contributed by atoms with Crippen molar-refractivity contribution in [2.24, 2.45) is 0 Å². The summed E-state index contributed by atoms with van der Waals surface area (Å²) in [4.78, 5) is 12.4. The van der Waals surface area contributed by atoms with Crippen molar-refractivity contribution in [2.75, 3.05) is 5.73 Å². The molecule has 3 nitrogen and oxygen atoms in total. The molecule has 0 fully saturated rings. The molecule has 0 radical (unpaired) electrons. The lowest BCUT2D eigenvalue weighted by molar-refractivity contribution is 0.0933. The average Bonchev–Trinajstić information content (AvgIpc) is 2.48. The smallest absolute Gasteiger partial charge is 0.253 e. The Balaban J connectivity index is 1.83. The molecule has 1 aliphatic rings. The number of rotatable bonds is 2. The van der Waals surface area contributed by atoms with Gasteiger partial charge in [-0.25, -0.2) is 0 Å². The molecule has 0 aliphatic heterocycles. The van der Waals surface area contributed by atoms with Crippen molar-refractivity contribution in [3.8, 4) is 0 Å². The molecule has 0 aromatic heterocycles. The second-order valence-electron chi connectivity index (χ2n) is 5.20. The van der Waals surface area contributed by atoms with E-state index >= 15 is 0 Å². The van der Waals surface area contributed by atoms with Crippen LogP contribution in [0.3, 0.4) is 0 Å². The van der Waals surface area contributed by atoms with Crippen LogP contribution < -0.4 is 11.1 Å². The van der Waals surface area contributed by atoms with Crippen molar-refractivity contribution in [1.29, 1.82) is 0 Å². The monoisotopic (exact) mass is 266 g/mol. The summed E-state index contributed by atoms with van der Waals surface area (Å²) in [5.41, 5.74) is 9.51. The standard InChI is InChI=1S/C17H18N2O/c18-15-10-4-3-9-14(15)17(20)19-16-11-5-7-12-6-1-2-8-13(12)16/h1-4,6,8-10,16H,5,7,11,18H2,(H,19,20). The van der Waals surface area contributed by atoms with Crippen molar-refractivity contribution in [2.45, 2.75) is 25.3 Å². The van der Waals surface area contributed by atoms with Crippen LogP contribution in [0.4, 0.5) is 5.69 Å². The molecular formula is C17H18N2O. The highest BCUT2D eigenvalue weighted by molar-refractivity contribution is 5.99. The zero-order valence-corrected chi connectivity index (χ0v) is 11.3. The van der Waals surface area contributed by atoms with Gasteiger partial charge in [0, 0.05) is 5.69 Å². The Labute approximate surface area is 118 Å². The molecule has 3 rings (SSSR count). The van der Waals surface area contributed by atoms with Gasteiger partial charge in [-0.1, -0.05) is 36.4 Å². The first-order chi connectivity index (χ1) is 9.75. The van der Waals surface area contributed by atoms with Gasteiger partial charge in [-0.15, -0.1) is 0 Å². The van der Waals surface area contributed by atoms with Crippen LogP contribution in [-0.4, -0.2) is 5.91 Å². The Hall–Kier alpha value is -2.29. The Morgan fingerprint density at radius 2 is 1.85 bits per heavy atom. The van der Waals surface area contributed by atoms with E-state index in [1.54, 1.807) is 12.1 Å². The molecule has 20 heavy (non-hydrogen) atoms. The van der Waals surface area contributed by atoms with E-state index in [-0.39, 0.29) is 11.9 Å². The summed E-state index contributed by atoms with van der Waals surface area (Å²) in [7, 11) is 0. The summed E-state index contributed by atoms with van der Waals surface area (Å²) in [5.74, 6) is -0.0928. The van der Waals surface area contributed by atoms with Gasteiger partial charge in [-0.3, -0.25) is 4.79 Å². The second-order valence-corrected chi connectivity index (χ2v) is 5.20. The number of fused-ring (bicyclic) bond motifs is 1. The van der Waals surface area contributed by atoms with Gasteiger partial charge in [0.15, 0.2) is 0 Å². The maximum atomic E-state index is 12.4. The molecule has 2 aromatic rings. The van der Waals surface area contributed by atoms with Crippen LogP contribution >= 0.6 is 0 Å². The van der Waals surface area contributed by atoms with E-state index < -0.39 is 0 Å². The minimum Gasteiger partial charge on any atom is -0.398 e. The number of carbonyl (C=O) groups is 1. The van der Waals surface area contributed by atoms with Crippen molar-refractivity contribution >= 4 is 11.6 Å². The van der Waals surface area contributed by atoms with Gasteiger partial charge in [0.1, 0.15) is 0 Å². The van der Waals surface area contributed by atoms with Crippen LogP contribution in [-0.2, 0) is 6.42 Å². The van der Waals surface area contributed by atoms with E-state index in [0.717, 1.165) is 19.3 Å². The first-order valence-electron chi connectivity index (χ1n) is 6.99. The average molecular weight is 266 g/mol. The summed E-state index contributed by atoms with van der Waals surface area (Å²) >= 11 is 0. The predicted octanol–water partition coefficient (Wildman–Crippen LogP) is 3.08. The zero-order chi connectivity index (χ0) is 13.9. The molecule has 1 atom stereocenters. The second kappa shape index (κ2) is 5.37. The minimum atomic E-state index is -0.0928. The Morgan fingerprint density at radius 3 is 2.70 bits per heavy atom. The molecule has 0 bridgehead atoms. The van der Waals surface area contributed by atoms with Crippen LogP contribution in [0.2, 0.25) is 0 Å². The fraction of sp³-hybridized carbons (Fsp3) is 0.235. The Morgan fingerprint density at radius 1 is 1.10 bits per heavy atom. The largest absolute Gasteiger partial charge is 0.398 e. The van der Waals surface area contributed by atoms with Gasteiger partial charge in [0.25, 0.3) is 5.91 Å². The molecule has 2 aromatic carbocycles. The van der Waals surface area contributed by atoms with Crippen LogP contribution in [0.15, 0.2) is 48.5 Å². The predicted molar refractivity (Wildman–Crippen MR) is 80.4 cm³/mol. The summed E-state index contributed by atoms with van der Waals surface area (Å²) in [5, 5.41) is 3.11. The molecule has 3 heteroatoms. The maximum Gasteiger partial charge on any atom is 0.253 e.